The van der Waals surface area contributed by atoms with Crippen molar-refractivity contribution in [1.82, 2.24) is 24.9 Å². The van der Waals surface area contributed by atoms with Crippen LogP contribution in [-0.2, 0) is 22.5 Å². The number of nitrogens with one attached hydrogen (secondary N) is 1. The molecule has 0 aliphatic heterocycles. The standard InChI is InChI=1S/C4H10N6O2S2/c5-14(11,12)6-1-2-10-4(3-13)7-8-9-10/h6,13H,1-3H2,(H2,5,11,12). The van der Waals surface area contributed by atoms with Gasteiger partial charge in [0.05, 0.1) is 12.3 Å². The molecule has 1 aromatic heterocycles. The van der Waals surface area contributed by atoms with Crippen molar-refractivity contribution in [3.63, 3.8) is 0 Å². The maximum Gasteiger partial charge on any atom is 0.274 e. The Hall–Kier alpha value is -0.710. The lowest BCUT2D eigenvalue weighted by molar-refractivity contribution is 0.546. The molecule has 14 heavy (non-hydrogen) atoms. The fourth-order valence-corrected chi connectivity index (χ4v) is 1.41. The van der Waals surface area contributed by atoms with Gasteiger partial charge in [0.2, 0.25) is 0 Å². The molecule has 0 radical (unpaired) electrons. The van der Waals surface area contributed by atoms with Gasteiger partial charge in [-0.25, -0.2) is 14.5 Å². The van der Waals surface area contributed by atoms with Crippen molar-refractivity contribution >= 4 is 22.8 Å². The lowest BCUT2D eigenvalue weighted by atomic mass is 10.6. The number of tetrazole rings is 1. The minimum absolute atomic E-state index is 0.144. The highest BCUT2D eigenvalue weighted by Crippen LogP contribution is 1.95. The van der Waals surface area contributed by atoms with Crippen molar-refractivity contribution in [2.24, 2.45) is 5.14 Å². The molecule has 1 heterocycles. The third-order valence-corrected chi connectivity index (χ3v) is 2.26. The average Bonchev–Trinajstić information content (AvgIpc) is 2.49. The van der Waals surface area contributed by atoms with E-state index >= 15 is 0 Å². The molecule has 0 aromatic carbocycles. The van der Waals surface area contributed by atoms with E-state index in [0.29, 0.717) is 18.1 Å². The zero-order valence-electron chi connectivity index (χ0n) is 7.16. The van der Waals surface area contributed by atoms with E-state index in [1.165, 1.54) is 4.68 Å². The topological polar surface area (TPSA) is 116 Å². The van der Waals surface area contributed by atoms with Crippen molar-refractivity contribution < 1.29 is 8.42 Å². The molecule has 0 saturated heterocycles. The molecule has 0 aliphatic carbocycles. The monoisotopic (exact) mass is 238 g/mol. The van der Waals surface area contributed by atoms with Crippen LogP contribution in [0.25, 0.3) is 0 Å². The zero-order chi connectivity index (χ0) is 10.6. The second-order valence-electron chi connectivity index (χ2n) is 2.42. The van der Waals surface area contributed by atoms with Gasteiger partial charge in [0.25, 0.3) is 10.2 Å². The van der Waals surface area contributed by atoms with Crippen LogP contribution in [0.2, 0.25) is 0 Å². The minimum Gasteiger partial charge on any atom is -0.227 e. The van der Waals surface area contributed by atoms with Crippen molar-refractivity contribution in [3.05, 3.63) is 5.82 Å². The highest BCUT2D eigenvalue weighted by atomic mass is 32.2. The van der Waals surface area contributed by atoms with Gasteiger partial charge in [0.1, 0.15) is 0 Å². The van der Waals surface area contributed by atoms with Gasteiger partial charge in [-0.3, -0.25) is 0 Å². The summed E-state index contributed by atoms with van der Waals surface area (Å²) < 4.78 is 24.6. The Morgan fingerprint density at radius 2 is 2.29 bits per heavy atom. The van der Waals surface area contributed by atoms with E-state index in [-0.39, 0.29) is 6.54 Å². The molecule has 3 N–H and O–H groups in total. The van der Waals surface area contributed by atoms with Gasteiger partial charge in [-0.05, 0) is 10.4 Å². The van der Waals surface area contributed by atoms with Crippen LogP contribution in [0.15, 0.2) is 0 Å². The molecule has 0 aliphatic rings. The summed E-state index contributed by atoms with van der Waals surface area (Å²) in [4.78, 5) is 0. The quantitative estimate of drug-likeness (QED) is 0.508. The molecular weight excluding hydrogens is 228 g/mol. The van der Waals surface area contributed by atoms with Gasteiger partial charge in [0, 0.05) is 6.54 Å². The number of nitrogens with zero attached hydrogens (tertiary/aromatic N) is 4. The van der Waals surface area contributed by atoms with Crippen molar-refractivity contribution in [2.75, 3.05) is 6.54 Å². The van der Waals surface area contributed by atoms with Crippen molar-refractivity contribution in [1.29, 1.82) is 0 Å². The molecule has 0 spiro atoms. The van der Waals surface area contributed by atoms with Gasteiger partial charge < -0.3 is 0 Å². The largest absolute Gasteiger partial charge is 0.274 e. The summed E-state index contributed by atoms with van der Waals surface area (Å²) in [5.74, 6) is 0.965. The predicted molar refractivity (Wildman–Crippen MR) is 51.6 cm³/mol. The number of thiol groups is 1. The first-order chi connectivity index (χ1) is 6.53. The number of hydrogen-bond donors (Lipinski definition) is 3. The fraction of sp³-hybridized carbons (Fsp3) is 0.750. The average molecular weight is 238 g/mol. The first kappa shape index (κ1) is 11.4. The van der Waals surface area contributed by atoms with E-state index in [2.05, 4.69) is 32.9 Å². The summed E-state index contributed by atoms with van der Waals surface area (Å²) in [7, 11) is -3.65. The Labute approximate surface area is 86.5 Å². The molecule has 0 atom stereocenters. The van der Waals surface area contributed by atoms with Crippen molar-refractivity contribution in [2.45, 2.75) is 12.3 Å². The highest BCUT2D eigenvalue weighted by Gasteiger charge is 2.05. The Bertz CT molecular complexity index is 386. The van der Waals surface area contributed by atoms with Crippen LogP contribution in [-0.4, -0.2) is 35.2 Å². The SMILES string of the molecule is NS(=O)(=O)NCCn1nnnc1CS. The van der Waals surface area contributed by atoms with Crippen LogP contribution < -0.4 is 9.86 Å². The minimum atomic E-state index is -3.65. The third kappa shape index (κ3) is 3.57. The Morgan fingerprint density at radius 3 is 2.86 bits per heavy atom. The van der Waals surface area contributed by atoms with Gasteiger partial charge in [-0.1, -0.05) is 0 Å². The van der Waals surface area contributed by atoms with Crippen LogP contribution in [0.1, 0.15) is 5.82 Å². The first-order valence-corrected chi connectivity index (χ1v) is 5.84. The maximum absolute atomic E-state index is 10.5. The van der Waals surface area contributed by atoms with E-state index in [0.717, 1.165) is 0 Å². The van der Waals surface area contributed by atoms with Crippen LogP contribution >= 0.6 is 12.6 Å². The van der Waals surface area contributed by atoms with E-state index < -0.39 is 10.2 Å². The first-order valence-electron chi connectivity index (χ1n) is 3.66. The van der Waals surface area contributed by atoms with Gasteiger partial charge in [0.15, 0.2) is 5.82 Å². The lowest BCUT2D eigenvalue weighted by Gasteiger charge is -2.02. The predicted octanol–water partition coefficient (Wildman–Crippen LogP) is -2.10. The summed E-state index contributed by atoms with van der Waals surface area (Å²) in [6, 6.07) is 0. The molecular formula is C4H10N6O2S2. The molecule has 1 rings (SSSR count). The molecule has 0 bridgehead atoms. The van der Waals surface area contributed by atoms with E-state index in [9.17, 15) is 8.42 Å². The van der Waals surface area contributed by atoms with E-state index in [1.54, 1.807) is 0 Å². The summed E-state index contributed by atoms with van der Waals surface area (Å²) in [6.45, 7) is 0.462. The van der Waals surface area contributed by atoms with Crippen LogP contribution in [0.5, 0.6) is 0 Å². The summed E-state index contributed by atoms with van der Waals surface area (Å²) >= 11 is 4.00. The van der Waals surface area contributed by atoms with Crippen LogP contribution in [0.3, 0.4) is 0 Å². The summed E-state index contributed by atoms with van der Waals surface area (Å²) in [5, 5.41) is 15.4. The van der Waals surface area contributed by atoms with Crippen molar-refractivity contribution in [3.8, 4) is 0 Å². The van der Waals surface area contributed by atoms with Crippen LogP contribution in [0.4, 0.5) is 0 Å². The van der Waals surface area contributed by atoms with Gasteiger partial charge in [-0.2, -0.15) is 21.0 Å². The van der Waals surface area contributed by atoms with Gasteiger partial charge >= 0.3 is 0 Å². The number of nitrogens with two attached hydrogens (primary N) is 1. The lowest BCUT2D eigenvalue weighted by Crippen LogP contribution is -2.33. The molecule has 80 valence electrons. The van der Waals surface area contributed by atoms with Gasteiger partial charge in [-0.15, -0.1) is 5.10 Å². The third-order valence-electron chi connectivity index (χ3n) is 1.37. The number of hydrogen-bond acceptors (Lipinski definition) is 6. The molecule has 0 amide bonds. The zero-order valence-corrected chi connectivity index (χ0v) is 8.87. The van der Waals surface area contributed by atoms with Crippen LogP contribution in [0, 0.1) is 0 Å². The smallest absolute Gasteiger partial charge is 0.227 e. The normalized spacial score (nSPS) is 11.9. The Balaban J connectivity index is 2.46. The molecule has 10 heteroatoms. The molecule has 8 nitrogen and oxygen atoms in total. The second-order valence-corrected chi connectivity index (χ2v) is 4.11. The molecule has 0 fully saturated rings. The Kier molecular flexibility index (Phi) is 3.80. The van der Waals surface area contributed by atoms with E-state index in [4.69, 9.17) is 5.14 Å². The number of rotatable bonds is 5. The summed E-state index contributed by atoms with van der Waals surface area (Å²) in [5.41, 5.74) is 0. The fourth-order valence-electron chi connectivity index (χ4n) is 0.804. The van der Waals surface area contributed by atoms with E-state index in [1.807, 2.05) is 0 Å². The Morgan fingerprint density at radius 1 is 1.57 bits per heavy atom. The highest BCUT2D eigenvalue weighted by molar-refractivity contribution is 7.87. The molecule has 0 saturated carbocycles. The maximum atomic E-state index is 10.5. The molecule has 1 aromatic rings. The second kappa shape index (κ2) is 4.68. The summed E-state index contributed by atoms with van der Waals surface area (Å²) in [6.07, 6.45) is 0. The number of aromatic nitrogens is 4. The molecule has 0 unspecified atom stereocenters.